The van der Waals surface area contributed by atoms with Gasteiger partial charge in [0.2, 0.25) is 6.29 Å². The van der Waals surface area contributed by atoms with E-state index in [2.05, 4.69) is 6.92 Å². The minimum atomic E-state index is -1.68. The van der Waals surface area contributed by atoms with Crippen LogP contribution in [0.2, 0.25) is 0 Å². The van der Waals surface area contributed by atoms with E-state index in [4.69, 9.17) is 18.9 Å². The molecule has 2 bridgehead atoms. The Hall–Kier alpha value is -1.01. The first-order valence-electron chi connectivity index (χ1n) is 16.8. The number of aliphatic hydroxyl groups excluding tert-OH is 9. The molecule has 2 aliphatic heterocycles. The summed E-state index contributed by atoms with van der Waals surface area (Å²) in [5.74, 6) is -0.498. The van der Waals surface area contributed by atoms with Gasteiger partial charge in [-0.25, -0.2) is 0 Å². The minimum absolute atomic E-state index is 0.0487. The third kappa shape index (κ3) is 5.18. The molecule has 2 saturated heterocycles. The number of esters is 1. The highest BCUT2D eigenvalue weighted by atomic mass is 16.7. The van der Waals surface area contributed by atoms with E-state index in [-0.39, 0.29) is 35.2 Å². The van der Waals surface area contributed by atoms with Gasteiger partial charge in [-0.15, -0.1) is 0 Å². The molecule has 1 spiro atoms. The van der Waals surface area contributed by atoms with Crippen molar-refractivity contribution in [3.05, 3.63) is 0 Å². The zero-order chi connectivity index (χ0) is 33.4. The maximum Gasteiger partial charge on any atom is 0.314 e. The Morgan fingerprint density at radius 3 is 1.96 bits per heavy atom. The summed E-state index contributed by atoms with van der Waals surface area (Å²) in [5, 5.41) is 92.4. The van der Waals surface area contributed by atoms with Gasteiger partial charge in [0.1, 0.15) is 48.8 Å². The van der Waals surface area contributed by atoms with Gasteiger partial charge >= 0.3 is 5.97 Å². The Morgan fingerprint density at radius 1 is 0.739 bits per heavy atom. The molecule has 0 aromatic rings. The molecule has 264 valence electrons. The first kappa shape index (κ1) is 34.8. The minimum Gasteiger partial charge on any atom is -0.432 e. The molecule has 4 saturated carbocycles. The fourth-order valence-electron chi connectivity index (χ4n) is 11.0. The van der Waals surface area contributed by atoms with Crippen LogP contribution in [0.25, 0.3) is 0 Å². The van der Waals surface area contributed by atoms with Crippen LogP contribution >= 0.6 is 0 Å². The second-order valence-corrected chi connectivity index (χ2v) is 15.6. The van der Waals surface area contributed by atoms with Crippen molar-refractivity contribution in [2.24, 2.45) is 34.0 Å². The summed E-state index contributed by atoms with van der Waals surface area (Å²) >= 11 is 0. The van der Waals surface area contributed by atoms with Crippen molar-refractivity contribution in [3.8, 4) is 0 Å². The van der Waals surface area contributed by atoms with Crippen LogP contribution in [0.5, 0.6) is 0 Å². The van der Waals surface area contributed by atoms with Crippen LogP contribution in [0.1, 0.15) is 71.6 Å². The maximum absolute atomic E-state index is 14.0. The van der Waals surface area contributed by atoms with Crippen molar-refractivity contribution in [2.75, 3.05) is 19.8 Å². The normalized spacial score (nSPS) is 55.3. The third-order valence-electron chi connectivity index (χ3n) is 13.3. The van der Waals surface area contributed by atoms with Crippen LogP contribution in [0.4, 0.5) is 0 Å². The van der Waals surface area contributed by atoms with Gasteiger partial charge in [-0.05, 0) is 86.9 Å². The zero-order valence-corrected chi connectivity index (χ0v) is 26.6. The third-order valence-corrected chi connectivity index (χ3v) is 13.3. The summed E-state index contributed by atoms with van der Waals surface area (Å²) in [6.45, 7) is 2.59. The lowest BCUT2D eigenvalue weighted by molar-refractivity contribution is -0.335. The Labute approximate surface area is 268 Å². The van der Waals surface area contributed by atoms with E-state index in [1.54, 1.807) is 0 Å². The Morgan fingerprint density at radius 2 is 1.35 bits per heavy atom. The molecule has 0 amide bonds. The Balaban J connectivity index is 1.22. The quantitative estimate of drug-likeness (QED) is 0.138. The van der Waals surface area contributed by atoms with E-state index < -0.39 is 91.6 Å². The molecule has 17 unspecified atom stereocenters. The van der Waals surface area contributed by atoms with E-state index in [0.717, 1.165) is 38.5 Å². The SMILES string of the molecule is CC1(C(=O)OC2OC(CO)C(O)C(O)C2O)CCCC2(C)C3CCC4CC3(CCC12)CC4(CO)OC1OC(CO)C(O)C(O)C1O. The molecule has 9 N–H and O–H groups in total. The fourth-order valence-corrected chi connectivity index (χ4v) is 11.0. The van der Waals surface area contributed by atoms with E-state index in [9.17, 15) is 50.8 Å². The van der Waals surface area contributed by atoms with Crippen LogP contribution in [0.3, 0.4) is 0 Å². The molecule has 46 heavy (non-hydrogen) atoms. The number of ether oxygens (including phenoxy) is 4. The predicted octanol–water partition coefficient (Wildman–Crippen LogP) is -1.71. The molecule has 17 atom stereocenters. The van der Waals surface area contributed by atoms with Gasteiger partial charge < -0.3 is 64.9 Å². The molecular formula is C32H52O14. The first-order valence-corrected chi connectivity index (χ1v) is 16.8. The molecule has 4 aliphatic carbocycles. The smallest absolute Gasteiger partial charge is 0.314 e. The zero-order valence-electron chi connectivity index (χ0n) is 26.6. The van der Waals surface area contributed by atoms with Crippen LogP contribution in [-0.2, 0) is 23.7 Å². The summed E-state index contributed by atoms with van der Waals surface area (Å²) < 4.78 is 23.3. The average Bonchev–Trinajstić information content (AvgIpc) is 3.26. The molecule has 6 aliphatic rings. The highest BCUT2D eigenvalue weighted by Crippen LogP contribution is 2.73. The molecule has 14 nitrogen and oxygen atoms in total. The molecule has 0 aromatic carbocycles. The molecule has 0 radical (unpaired) electrons. The van der Waals surface area contributed by atoms with Crippen molar-refractivity contribution in [2.45, 2.75) is 139 Å². The van der Waals surface area contributed by atoms with Crippen molar-refractivity contribution in [1.29, 1.82) is 0 Å². The van der Waals surface area contributed by atoms with Gasteiger partial charge in [0.25, 0.3) is 0 Å². The summed E-state index contributed by atoms with van der Waals surface area (Å²) in [5.41, 5.74) is -2.49. The predicted molar refractivity (Wildman–Crippen MR) is 155 cm³/mol. The Bertz CT molecular complexity index is 1120. The lowest BCUT2D eigenvalue weighted by Crippen LogP contribution is -2.62. The molecule has 0 aromatic heterocycles. The standard InChI is InChI=1S/C32H52O14/c1-29-7-3-8-30(2,28(42)45-26-24(40)22(38)20(36)16(11-33)43-26)18(29)6-9-31-10-15(4-5-19(29)31)32(13-31,14-35)46-27-25(41)23(39)21(37)17(12-34)44-27/h15-27,33-41H,3-14H2,1-2H3. The topological polar surface area (TPSA) is 236 Å². The first-order chi connectivity index (χ1) is 21.7. The number of carbonyl (C=O) groups is 1. The molecule has 6 rings (SSSR count). The summed E-state index contributed by atoms with van der Waals surface area (Å²) in [4.78, 5) is 14.0. The number of rotatable bonds is 7. The Kier molecular flexibility index (Phi) is 9.39. The van der Waals surface area contributed by atoms with Crippen molar-refractivity contribution >= 4 is 5.97 Å². The number of carbonyl (C=O) groups excluding carboxylic acids is 1. The number of hydrogen-bond donors (Lipinski definition) is 9. The van der Waals surface area contributed by atoms with E-state index in [1.807, 2.05) is 6.92 Å². The summed E-state index contributed by atoms with van der Waals surface area (Å²) in [7, 11) is 0. The second kappa shape index (κ2) is 12.4. The largest absolute Gasteiger partial charge is 0.432 e. The lowest BCUT2D eigenvalue weighted by atomic mass is 9.41. The van der Waals surface area contributed by atoms with Gasteiger partial charge in [-0.1, -0.05) is 13.3 Å². The van der Waals surface area contributed by atoms with Crippen LogP contribution < -0.4 is 0 Å². The van der Waals surface area contributed by atoms with Gasteiger partial charge in [0, 0.05) is 0 Å². The van der Waals surface area contributed by atoms with Gasteiger partial charge in [0.15, 0.2) is 6.29 Å². The van der Waals surface area contributed by atoms with Gasteiger partial charge in [0.05, 0.1) is 30.8 Å². The molecule has 14 heteroatoms. The highest BCUT2D eigenvalue weighted by Gasteiger charge is 2.70. The van der Waals surface area contributed by atoms with Crippen LogP contribution in [0, 0.1) is 34.0 Å². The summed E-state index contributed by atoms with van der Waals surface area (Å²) in [6.07, 6.45) is -8.26. The maximum atomic E-state index is 14.0. The van der Waals surface area contributed by atoms with Crippen molar-refractivity contribution in [3.63, 3.8) is 0 Å². The summed E-state index contributed by atoms with van der Waals surface area (Å²) in [6, 6.07) is 0. The van der Waals surface area contributed by atoms with Crippen molar-refractivity contribution < 1.29 is 69.7 Å². The van der Waals surface area contributed by atoms with E-state index in [0.29, 0.717) is 19.3 Å². The monoisotopic (exact) mass is 660 g/mol. The fraction of sp³-hybridized carbons (Fsp3) is 0.969. The van der Waals surface area contributed by atoms with E-state index >= 15 is 0 Å². The highest BCUT2D eigenvalue weighted by molar-refractivity contribution is 5.77. The van der Waals surface area contributed by atoms with Gasteiger partial charge in [-0.3, -0.25) is 4.79 Å². The average molecular weight is 661 g/mol. The van der Waals surface area contributed by atoms with E-state index in [1.165, 1.54) is 0 Å². The number of hydrogen-bond acceptors (Lipinski definition) is 14. The van der Waals surface area contributed by atoms with Crippen LogP contribution in [0.15, 0.2) is 0 Å². The second-order valence-electron chi connectivity index (χ2n) is 15.6. The molecule has 6 fully saturated rings. The van der Waals surface area contributed by atoms with Crippen LogP contribution in [-0.4, -0.2) is 139 Å². The lowest BCUT2D eigenvalue weighted by Gasteiger charge is -2.63. The molecular weight excluding hydrogens is 608 g/mol. The van der Waals surface area contributed by atoms with Crippen molar-refractivity contribution in [1.82, 2.24) is 0 Å². The number of aliphatic hydroxyl groups is 9. The number of fused-ring (bicyclic) bond motifs is 3. The molecule has 2 heterocycles. The van der Waals surface area contributed by atoms with Gasteiger partial charge in [-0.2, -0.15) is 0 Å².